The second-order valence-electron chi connectivity index (χ2n) is 3.22. The van der Waals surface area contributed by atoms with Crippen LogP contribution in [-0.2, 0) is 0 Å². The summed E-state index contributed by atoms with van der Waals surface area (Å²) in [6, 6.07) is 0.723. The normalized spacial score (nSPS) is 11.0. The monoisotopic (exact) mass is 191 g/mol. The molecule has 1 N–H and O–H groups in total. The van der Waals surface area contributed by atoms with Crippen LogP contribution in [0.5, 0.6) is 0 Å². The molecule has 0 aromatic heterocycles. The maximum atomic E-state index is 5.58. The van der Waals surface area contributed by atoms with E-state index in [9.17, 15) is 0 Å². The third-order valence-electron chi connectivity index (χ3n) is 2.23. The molecule has 0 aromatic carbocycles. The predicted octanol–water partition coefficient (Wildman–Crippen LogP) is 3.17. The second-order valence-corrected chi connectivity index (χ2v) is 3.60. The molecule has 0 rings (SSSR count). The van der Waals surface area contributed by atoms with Crippen molar-refractivity contribution in [3.63, 3.8) is 0 Å². The average molecular weight is 192 g/mol. The minimum absolute atomic E-state index is 0.723. The molecule has 0 spiro atoms. The molecule has 74 valence electrons. The molecule has 0 saturated heterocycles. The van der Waals surface area contributed by atoms with Crippen LogP contribution >= 0.6 is 11.6 Å². The molecular formula is C10H22ClN. The summed E-state index contributed by atoms with van der Waals surface area (Å²) in [5, 5.41) is 3.53. The van der Waals surface area contributed by atoms with Crippen LogP contribution in [0.25, 0.3) is 0 Å². The Bertz CT molecular complexity index is 81.9. The Morgan fingerprint density at radius 1 is 1.08 bits per heavy atom. The van der Waals surface area contributed by atoms with Crippen LogP contribution in [-0.4, -0.2) is 18.5 Å². The Hall–Kier alpha value is 0.250. The van der Waals surface area contributed by atoms with Crippen molar-refractivity contribution in [3.8, 4) is 0 Å². The van der Waals surface area contributed by atoms with Gasteiger partial charge in [-0.3, -0.25) is 0 Å². The van der Waals surface area contributed by atoms with Crippen molar-refractivity contribution in [2.24, 2.45) is 0 Å². The van der Waals surface area contributed by atoms with Gasteiger partial charge in [0.1, 0.15) is 0 Å². The van der Waals surface area contributed by atoms with Crippen molar-refractivity contribution in [2.75, 3.05) is 12.4 Å². The molecular weight excluding hydrogens is 170 g/mol. The smallest absolute Gasteiger partial charge is 0.0223 e. The van der Waals surface area contributed by atoms with Gasteiger partial charge < -0.3 is 5.32 Å². The Morgan fingerprint density at radius 2 is 1.75 bits per heavy atom. The molecule has 0 aliphatic heterocycles. The maximum Gasteiger partial charge on any atom is 0.0223 e. The van der Waals surface area contributed by atoms with Gasteiger partial charge in [0.15, 0.2) is 0 Å². The van der Waals surface area contributed by atoms with E-state index in [0.29, 0.717) is 0 Å². The van der Waals surface area contributed by atoms with E-state index in [1.165, 1.54) is 25.7 Å². The number of nitrogens with one attached hydrogen (secondary N) is 1. The van der Waals surface area contributed by atoms with E-state index < -0.39 is 0 Å². The molecule has 0 unspecified atom stereocenters. The van der Waals surface area contributed by atoms with Crippen molar-refractivity contribution < 1.29 is 0 Å². The lowest BCUT2D eigenvalue weighted by atomic mass is 10.1. The van der Waals surface area contributed by atoms with Crippen molar-refractivity contribution in [3.05, 3.63) is 0 Å². The van der Waals surface area contributed by atoms with Crippen LogP contribution in [0.3, 0.4) is 0 Å². The van der Waals surface area contributed by atoms with Gasteiger partial charge in [-0.05, 0) is 32.2 Å². The van der Waals surface area contributed by atoms with Gasteiger partial charge in [0.2, 0.25) is 0 Å². The van der Waals surface area contributed by atoms with E-state index in [4.69, 9.17) is 11.6 Å². The number of alkyl halides is 1. The molecule has 0 bridgehead atoms. The SMILES string of the molecule is CCC(CC)NCCCCCCl. The number of rotatable bonds is 8. The van der Waals surface area contributed by atoms with E-state index >= 15 is 0 Å². The minimum Gasteiger partial charge on any atom is -0.314 e. The van der Waals surface area contributed by atoms with Crippen LogP contribution in [0.2, 0.25) is 0 Å². The molecule has 0 aliphatic rings. The molecule has 0 atom stereocenters. The summed E-state index contributed by atoms with van der Waals surface area (Å²) in [4.78, 5) is 0. The van der Waals surface area contributed by atoms with Crippen LogP contribution in [0.4, 0.5) is 0 Å². The fourth-order valence-corrected chi connectivity index (χ4v) is 1.47. The molecule has 0 radical (unpaired) electrons. The molecule has 0 amide bonds. The van der Waals surface area contributed by atoms with Gasteiger partial charge in [-0.1, -0.05) is 20.3 Å². The Balaban J connectivity index is 3.06. The van der Waals surface area contributed by atoms with Crippen LogP contribution in [0.1, 0.15) is 46.0 Å². The summed E-state index contributed by atoms with van der Waals surface area (Å²) in [5.41, 5.74) is 0. The molecule has 0 saturated carbocycles. The van der Waals surface area contributed by atoms with Crippen LogP contribution in [0, 0.1) is 0 Å². The predicted molar refractivity (Wildman–Crippen MR) is 56.9 cm³/mol. The molecule has 0 fully saturated rings. The Kier molecular flexibility index (Phi) is 9.53. The summed E-state index contributed by atoms with van der Waals surface area (Å²) in [5.74, 6) is 0.811. The highest BCUT2D eigenvalue weighted by molar-refractivity contribution is 6.17. The Morgan fingerprint density at radius 3 is 2.25 bits per heavy atom. The molecule has 0 aromatic rings. The summed E-state index contributed by atoms with van der Waals surface area (Å²) in [7, 11) is 0. The van der Waals surface area contributed by atoms with E-state index in [2.05, 4.69) is 19.2 Å². The standard InChI is InChI=1S/C10H22ClN/c1-3-10(4-2)12-9-7-5-6-8-11/h10,12H,3-9H2,1-2H3. The van der Waals surface area contributed by atoms with E-state index in [1.54, 1.807) is 0 Å². The van der Waals surface area contributed by atoms with Gasteiger partial charge in [0, 0.05) is 11.9 Å². The largest absolute Gasteiger partial charge is 0.314 e. The van der Waals surface area contributed by atoms with Gasteiger partial charge in [0.05, 0.1) is 0 Å². The number of hydrogen-bond acceptors (Lipinski definition) is 1. The third-order valence-corrected chi connectivity index (χ3v) is 2.50. The van der Waals surface area contributed by atoms with E-state index in [-0.39, 0.29) is 0 Å². The molecule has 0 heterocycles. The van der Waals surface area contributed by atoms with Crippen LogP contribution < -0.4 is 5.32 Å². The lowest BCUT2D eigenvalue weighted by Crippen LogP contribution is -2.28. The first-order valence-electron chi connectivity index (χ1n) is 5.14. The first-order chi connectivity index (χ1) is 5.85. The van der Waals surface area contributed by atoms with Gasteiger partial charge in [-0.15, -0.1) is 11.6 Å². The van der Waals surface area contributed by atoms with Crippen molar-refractivity contribution in [2.45, 2.75) is 52.0 Å². The van der Waals surface area contributed by atoms with Gasteiger partial charge in [-0.25, -0.2) is 0 Å². The van der Waals surface area contributed by atoms with Gasteiger partial charge >= 0.3 is 0 Å². The zero-order valence-electron chi connectivity index (χ0n) is 8.41. The third kappa shape index (κ3) is 6.93. The molecule has 1 nitrogen and oxygen atoms in total. The highest BCUT2D eigenvalue weighted by Crippen LogP contribution is 1.99. The number of unbranched alkanes of at least 4 members (excludes halogenated alkanes) is 2. The van der Waals surface area contributed by atoms with E-state index in [0.717, 1.165) is 24.9 Å². The highest BCUT2D eigenvalue weighted by atomic mass is 35.5. The average Bonchev–Trinajstić information content (AvgIpc) is 2.11. The maximum absolute atomic E-state index is 5.58. The lowest BCUT2D eigenvalue weighted by Gasteiger charge is -2.13. The van der Waals surface area contributed by atoms with Crippen molar-refractivity contribution in [1.82, 2.24) is 5.32 Å². The zero-order chi connectivity index (χ0) is 9.23. The van der Waals surface area contributed by atoms with Crippen LogP contribution in [0.15, 0.2) is 0 Å². The van der Waals surface area contributed by atoms with Gasteiger partial charge in [-0.2, -0.15) is 0 Å². The molecule has 12 heavy (non-hydrogen) atoms. The fourth-order valence-electron chi connectivity index (χ4n) is 1.28. The van der Waals surface area contributed by atoms with Gasteiger partial charge in [0.25, 0.3) is 0 Å². The number of halogens is 1. The molecule has 0 aliphatic carbocycles. The lowest BCUT2D eigenvalue weighted by molar-refractivity contribution is 0.473. The molecule has 2 heteroatoms. The van der Waals surface area contributed by atoms with E-state index in [1.807, 2.05) is 0 Å². The summed E-state index contributed by atoms with van der Waals surface area (Å²) < 4.78 is 0. The Labute approximate surface area is 81.9 Å². The second kappa shape index (κ2) is 9.34. The summed E-state index contributed by atoms with van der Waals surface area (Å²) in [6.07, 6.45) is 6.17. The quantitative estimate of drug-likeness (QED) is 0.459. The topological polar surface area (TPSA) is 12.0 Å². The zero-order valence-corrected chi connectivity index (χ0v) is 9.16. The highest BCUT2D eigenvalue weighted by Gasteiger charge is 1.99. The summed E-state index contributed by atoms with van der Waals surface area (Å²) in [6.45, 7) is 5.63. The van der Waals surface area contributed by atoms with Crippen molar-refractivity contribution >= 4 is 11.6 Å². The minimum atomic E-state index is 0.723. The van der Waals surface area contributed by atoms with Crippen molar-refractivity contribution in [1.29, 1.82) is 0 Å². The number of hydrogen-bond donors (Lipinski definition) is 1. The fraction of sp³-hybridized carbons (Fsp3) is 1.00. The first-order valence-corrected chi connectivity index (χ1v) is 5.67. The first kappa shape index (κ1) is 12.2. The summed E-state index contributed by atoms with van der Waals surface area (Å²) >= 11 is 5.58.